The number of hydrogen-bond acceptors (Lipinski definition) is 2. The highest BCUT2D eigenvalue weighted by atomic mass is 16.5. The Hall–Kier alpha value is -0.630. The molecule has 0 bridgehead atoms. The van der Waals surface area contributed by atoms with Crippen LogP contribution in [0.3, 0.4) is 0 Å². The molecule has 2 nitrogen and oxygen atoms in total. The maximum absolute atomic E-state index is 5.28. The third-order valence-electron chi connectivity index (χ3n) is 1.13. The van der Waals surface area contributed by atoms with Gasteiger partial charge >= 0.3 is 0 Å². The number of hydrogen-bond donors (Lipinski definition) is 0. The predicted molar refractivity (Wildman–Crippen MR) is 49.3 cm³/mol. The second-order valence-electron chi connectivity index (χ2n) is 2.61. The summed E-state index contributed by atoms with van der Waals surface area (Å²) in [6, 6.07) is 0. The largest absolute Gasteiger partial charge is 0.377 e. The maximum atomic E-state index is 5.28. The second-order valence-corrected chi connectivity index (χ2v) is 2.61. The molecule has 0 fully saturated rings. The first kappa shape index (κ1) is 10.4. The Labute approximate surface area is 69.0 Å². The Morgan fingerprint density at radius 3 is 2.82 bits per heavy atom. The molecule has 0 amide bonds. The van der Waals surface area contributed by atoms with E-state index in [1.807, 2.05) is 20.8 Å². The Balaban J connectivity index is 3.44. The Morgan fingerprint density at radius 2 is 2.36 bits per heavy atom. The Kier molecular flexibility index (Phi) is 5.75. The van der Waals surface area contributed by atoms with E-state index in [9.17, 15) is 0 Å². The van der Waals surface area contributed by atoms with Crippen molar-refractivity contribution in [2.24, 2.45) is 4.99 Å². The highest BCUT2D eigenvalue weighted by Gasteiger charge is 1.95. The van der Waals surface area contributed by atoms with Crippen molar-refractivity contribution >= 4 is 6.21 Å². The van der Waals surface area contributed by atoms with E-state index in [0.29, 0.717) is 0 Å². The SMILES string of the molecule is C=C(C)C=NCC(C)OCC. The van der Waals surface area contributed by atoms with Gasteiger partial charge in [0.1, 0.15) is 0 Å². The van der Waals surface area contributed by atoms with Crippen LogP contribution >= 0.6 is 0 Å². The van der Waals surface area contributed by atoms with Crippen molar-refractivity contribution in [1.29, 1.82) is 0 Å². The third-order valence-corrected chi connectivity index (χ3v) is 1.13. The number of nitrogens with zero attached hydrogens (tertiary/aromatic N) is 1. The summed E-state index contributed by atoms with van der Waals surface area (Å²) in [5, 5.41) is 0. The van der Waals surface area contributed by atoms with E-state index in [0.717, 1.165) is 18.7 Å². The van der Waals surface area contributed by atoms with Gasteiger partial charge in [0.2, 0.25) is 0 Å². The summed E-state index contributed by atoms with van der Waals surface area (Å²) in [6.07, 6.45) is 1.99. The van der Waals surface area contributed by atoms with E-state index >= 15 is 0 Å². The van der Waals surface area contributed by atoms with Crippen LogP contribution in [0.4, 0.5) is 0 Å². The molecule has 0 aromatic carbocycles. The van der Waals surface area contributed by atoms with E-state index in [4.69, 9.17) is 4.74 Å². The normalized spacial score (nSPS) is 13.7. The Morgan fingerprint density at radius 1 is 1.73 bits per heavy atom. The number of ether oxygens (including phenoxy) is 1. The van der Waals surface area contributed by atoms with Crippen molar-refractivity contribution in [1.82, 2.24) is 0 Å². The highest BCUT2D eigenvalue weighted by molar-refractivity contribution is 5.76. The van der Waals surface area contributed by atoms with Crippen LogP contribution in [0, 0.1) is 0 Å². The quantitative estimate of drug-likeness (QED) is 0.557. The molecule has 0 N–H and O–H groups in total. The minimum absolute atomic E-state index is 0.218. The molecule has 0 aliphatic rings. The lowest BCUT2D eigenvalue weighted by Crippen LogP contribution is -2.11. The summed E-state index contributed by atoms with van der Waals surface area (Å²) < 4.78 is 5.28. The summed E-state index contributed by atoms with van der Waals surface area (Å²) in [5.74, 6) is 0. The van der Waals surface area contributed by atoms with Gasteiger partial charge in [0.05, 0.1) is 12.6 Å². The molecule has 0 aliphatic heterocycles. The highest BCUT2D eigenvalue weighted by Crippen LogP contribution is 1.90. The van der Waals surface area contributed by atoms with Crippen LogP contribution in [0.25, 0.3) is 0 Å². The van der Waals surface area contributed by atoms with Crippen molar-refractivity contribution in [3.63, 3.8) is 0 Å². The van der Waals surface area contributed by atoms with Gasteiger partial charge in [0.25, 0.3) is 0 Å². The van der Waals surface area contributed by atoms with Crippen molar-refractivity contribution in [3.8, 4) is 0 Å². The van der Waals surface area contributed by atoms with Crippen LogP contribution < -0.4 is 0 Å². The molecule has 2 heteroatoms. The minimum atomic E-state index is 0.218. The number of rotatable bonds is 5. The van der Waals surface area contributed by atoms with Crippen LogP contribution in [0.15, 0.2) is 17.1 Å². The molecule has 0 saturated heterocycles. The first-order valence-corrected chi connectivity index (χ1v) is 3.93. The van der Waals surface area contributed by atoms with Gasteiger partial charge in [-0.25, -0.2) is 0 Å². The van der Waals surface area contributed by atoms with Crippen molar-refractivity contribution in [2.45, 2.75) is 26.9 Å². The van der Waals surface area contributed by atoms with Gasteiger partial charge in [-0.2, -0.15) is 0 Å². The van der Waals surface area contributed by atoms with E-state index in [1.165, 1.54) is 0 Å². The van der Waals surface area contributed by atoms with E-state index in [-0.39, 0.29) is 6.10 Å². The zero-order valence-corrected chi connectivity index (χ0v) is 7.63. The van der Waals surface area contributed by atoms with Gasteiger partial charge in [-0.15, -0.1) is 0 Å². The summed E-state index contributed by atoms with van der Waals surface area (Å²) in [4.78, 5) is 4.14. The van der Waals surface area contributed by atoms with Crippen molar-refractivity contribution in [3.05, 3.63) is 12.2 Å². The molecule has 0 spiro atoms. The van der Waals surface area contributed by atoms with Gasteiger partial charge in [0.15, 0.2) is 0 Å². The fourth-order valence-corrected chi connectivity index (χ4v) is 0.694. The molecule has 0 aromatic heterocycles. The molecular formula is C9H17NO. The maximum Gasteiger partial charge on any atom is 0.0741 e. The molecule has 0 aromatic rings. The zero-order chi connectivity index (χ0) is 8.69. The average Bonchev–Trinajstić information content (AvgIpc) is 1.87. The molecule has 0 saturated carbocycles. The van der Waals surface area contributed by atoms with Gasteiger partial charge in [-0.3, -0.25) is 4.99 Å². The first-order valence-electron chi connectivity index (χ1n) is 3.93. The smallest absolute Gasteiger partial charge is 0.0741 e. The van der Waals surface area contributed by atoms with Crippen molar-refractivity contribution < 1.29 is 4.74 Å². The number of allylic oxidation sites excluding steroid dienone is 1. The fraction of sp³-hybridized carbons (Fsp3) is 0.667. The summed E-state index contributed by atoms with van der Waals surface area (Å²) >= 11 is 0. The van der Waals surface area contributed by atoms with Crippen LogP contribution in [-0.4, -0.2) is 25.5 Å². The molecule has 0 radical (unpaired) electrons. The molecular weight excluding hydrogens is 138 g/mol. The van der Waals surface area contributed by atoms with Gasteiger partial charge in [-0.1, -0.05) is 6.58 Å². The Bertz CT molecular complexity index is 140. The lowest BCUT2D eigenvalue weighted by molar-refractivity contribution is 0.0830. The average molecular weight is 155 g/mol. The molecule has 1 atom stereocenters. The monoisotopic (exact) mass is 155 g/mol. The van der Waals surface area contributed by atoms with Crippen molar-refractivity contribution in [2.75, 3.05) is 13.2 Å². The third kappa shape index (κ3) is 7.26. The van der Waals surface area contributed by atoms with Crippen LogP contribution in [0.2, 0.25) is 0 Å². The first-order chi connectivity index (χ1) is 5.16. The van der Waals surface area contributed by atoms with Crippen LogP contribution in [-0.2, 0) is 4.74 Å². The topological polar surface area (TPSA) is 21.6 Å². The van der Waals surface area contributed by atoms with Gasteiger partial charge < -0.3 is 4.74 Å². The van der Waals surface area contributed by atoms with Gasteiger partial charge in [-0.05, 0) is 26.3 Å². The zero-order valence-electron chi connectivity index (χ0n) is 7.63. The van der Waals surface area contributed by atoms with Gasteiger partial charge in [0, 0.05) is 12.8 Å². The molecule has 0 rings (SSSR count). The molecule has 64 valence electrons. The summed E-state index contributed by atoms with van der Waals surface area (Å²) in [7, 11) is 0. The lowest BCUT2D eigenvalue weighted by atomic mass is 10.4. The van der Waals surface area contributed by atoms with E-state index in [2.05, 4.69) is 11.6 Å². The lowest BCUT2D eigenvalue weighted by Gasteiger charge is -2.06. The summed E-state index contributed by atoms with van der Waals surface area (Å²) in [5.41, 5.74) is 0.980. The number of aliphatic imine (C=N–C) groups is 1. The minimum Gasteiger partial charge on any atom is -0.377 e. The van der Waals surface area contributed by atoms with Crippen LogP contribution in [0.5, 0.6) is 0 Å². The van der Waals surface area contributed by atoms with Crippen LogP contribution in [0.1, 0.15) is 20.8 Å². The summed E-state index contributed by atoms with van der Waals surface area (Å²) in [6.45, 7) is 11.1. The molecule has 0 heterocycles. The van der Waals surface area contributed by atoms with E-state index in [1.54, 1.807) is 6.21 Å². The molecule has 0 aliphatic carbocycles. The van der Waals surface area contributed by atoms with E-state index < -0.39 is 0 Å². The standard InChI is InChI=1S/C9H17NO/c1-5-11-9(4)7-10-6-8(2)3/h6,9H,2,5,7H2,1,3-4H3. The predicted octanol–water partition coefficient (Wildman–Crippen LogP) is 2.06. The molecule has 11 heavy (non-hydrogen) atoms. The molecule has 1 unspecified atom stereocenters. The fourth-order valence-electron chi connectivity index (χ4n) is 0.694. The second kappa shape index (κ2) is 6.10.